The quantitative estimate of drug-likeness (QED) is 0.0450. The van der Waals surface area contributed by atoms with Crippen LogP contribution in [0.25, 0.3) is 0 Å². The molecule has 0 unspecified atom stereocenters. The van der Waals surface area contributed by atoms with Gasteiger partial charge in [-0.3, -0.25) is 19.1 Å². The first kappa shape index (κ1) is 30.5. The standard InChI is InChI=1S/C14H27N5O2.Na.H2O4S/c1-4-11(20)19-14(2,3)12(21)17-9-7-5-6-8-10-18-13(15)16;;1-5(2,3)4/h4H,1,5-10H2,2-3H3,(H,17,21)(H,19,20)(H4,15,16,18);;(H2,1,2,3,4)/q;+1;/p-1. The van der Waals surface area contributed by atoms with E-state index in [-0.39, 0.29) is 47.3 Å². The zero-order chi connectivity index (χ0) is 20.8. The molecule has 2 amide bonds. The van der Waals surface area contributed by atoms with Gasteiger partial charge in [0.05, 0.1) is 0 Å². The van der Waals surface area contributed by atoms with E-state index in [1.54, 1.807) is 13.8 Å². The number of nitrogens with one attached hydrogen (secondary N) is 2. The molecule has 0 atom stereocenters. The van der Waals surface area contributed by atoms with E-state index in [2.05, 4.69) is 22.2 Å². The molecule has 0 aromatic rings. The summed E-state index contributed by atoms with van der Waals surface area (Å²) in [4.78, 5) is 27.0. The Hall–Kier alpha value is -1.18. The van der Waals surface area contributed by atoms with Gasteiger partial charge >= 0.3 is 29.6 Å². The molecule has 7 N–H and O–H groups in total. The van der Waals surface area contributed by atoms with Crippen molar-refractivity contribution in [2.75, 3.05) is 13.1 Å². The Kier molecular flexibility index (Phi) is 17.9. The van der Waals surface area contributed by atoms with Crippen molar-refractivity contribution in [3.8, 4) is 0 Å². The predicted molar refractivity (Wildman–Crippen MR) is 96.9 cm³/mol. The van der Waals surface area contributed by atoms with Crippen LogP contribution in [-0.2, 0) is 20.0 Å². The Morgan fingerprint density at radius 1 is 1.22 bits per heavy atom. The van der Waals surface area contributed by atoms with Crippen molar-refractivity contribution < 1.29 is 56.7 Å². The molecule has 0 bridgehead atoms. The van der Waals surface area contributed by atoms with Gasteiger partial charge < -0.3 is 26.7 Å². The van der Waals surface area contributed by atoms with E-state index >= 15 is 0 Å². The van der Waals surface area contributed by atoms with Gasteiger partial charge in [-0.05, 0) is 32.8 Å². The Balaban J connectivity index is -0.000000844. The summed E-state index contributed by atoms with van der Waals surface area (Å²) in [7, 11) is -4.92. The molecule has 13 heteroatoms. The number of hydrogen-bond donors (Lipinski definition) is 5. The van der Waals surface area contributed by atoms with E-state index < -0.39 is 15.9 Å². The molecule has 0 aliphatic rings. The number of nitrogens with two attached hydrogens (primary N) is 2. The zero-order valence-corrected chi connectivity index (χ0v) is 18.8. The van der Waals surface area contributed by atoms with Crippen molar-refractivity contribution in [2.45, 2.75) is 45.1 Å². The van der Waals surface area contributed by atoms with E-state index in [1.165, 1.54) is 0 Å². The molecule has 0 heterocycles. The van der Waals surface area contributed by atoms with Crippen molar-refractivity contribution in [1.29, 1.82) is 0 Å². The number of guanidine groups is 1. The summed E-state index contributed by atoms with van der Waals surface area (Å²) >= 11 is 0. The smallest absolute Gasteiger partial charge is 0.726 e. The monoisotopic (exact) mass is 417 g/mol. The molecule has 0 aliphatic heterocycles. The van der Waals surface area contributed by atoms with Gasteiger partial charge in [0.1, 0.15) is 5.54 Å². The van der Waals surface area contributed by atoms with Gasteiger partial charge in [-0.25, -0.2) is 8.42 Å². The molecule has 0 saturated carbocycles. The van der Waals surface area contributed by atoms with E-state index in [0.29, 0.717) is 13.1 Å². The van der Waals surface area contributed by atoms with Crippen LogP contribution in [0.2, 0.25) is 0 Å². The van der Waals surface area contributed by atoms with Crippen LogP contribution in [0.15, 0.2) is 17.6 Å². The third-order valence-electron chi connectivity index (χ3n) is 2.85. The predicted octanol–water partition coefficient (Wildman–Crippen LogP) is -3.97. The minimum atomic E-state index is -4.92. The number of unbranched alkanes of at least 4 members (excludes halogenated alkanes) is 3. The van der Waals surface area contributed by atoms with Crippen LogP contribution in [0.1, 0.15) is 39.5 Å². The average molecular weight is 417 g/mol. The Morgan fingerprint density at radius 3 is 2.15 bits per heavy atom. The number of aliphatic imine (C=N–C) groups is 1. The second-order valence-corrected chi connectivity index (χ2v) is 6.58. The molecule has 0 fully saturated rings. The van der Waals surface area contributed by atoms with Gasteiger partial charge in [0.15, 0.2) is 5.96 Å². The normalized spacial score (nSPS) is 10.4. The second-order valence-electron chi connectivity index (χ2n) is 5.72. The maximum atomic E-state index is 11.9. The molecular formula is C14H28N5NaO6S. The van der Waals surface area contributed by atoms with Gasteiger partial charge in [-0.1, -0.05) is 19.4 Å². The summed E-state index contributed by atoms with van der Waals surface area (Å²) in [5.74, 6) is -0.459. The molecule has 0 rings (SSSR count). The Bertz CT molecular complexity index is 583. The second kappa shape index (κ2) is 15.8. The van der Waals surface area contributed by atoms with Crippen molar-refractivity contribution in [3.05, 3.63) is 12.7 Å². The van der Waals surface area contributed by atoms with Crippen molar-refractivity contribution in [1.82, 2.24) is 10.6 Å². The number of carbonyl (C=O) groups is 2. The van der Waals surface area contributed by atoms with Gasteiger partial charge in [-0.15, -0.1) is 0 Å². The number of amides is 2. The molecule has 0 saturated heterocycles. The van der Waals surface area contributed by atoms with Crippen LogP contribution < -0.4 is 51.7 Å². The topological polar surface area (TPSA) is 200 Å². The van der Waals surface area contributed by atoms with Crippen molar-refractivity contribution in [2.24, 2.45) is 16.5 Å². The molecule has 27 heavy (non-hydrogen) atoms. The number of rotatable bonds is 10. The first-order valence-electron chi connectivity index (χ1n) is 7.76. The number of nitrogens with zero attached hydrogens (tertiary/aromatic N) is 1. The molecule has 0 radical (unpaired) electrons. The molecule has 0 aliphatic carbocycles. The molecule has 152 valence electrons. The third-order valence-corrected chi connectivity index (χ3v) is 2.85. The SMILES string of the molecule is C=CC(=O)NC(C)(C)C(=O)NCCCCCCN=C(N)N.O=S(=O)([O-])O.[Na+]. The Morgan fingerprint density at radius 2 is 1.70 bits per heavy atom. The fourth-order valence-electron chi connectivity index (χ4n) is 1.64. The molecule has 11 nitrogen and oxygen atoms in total. The van der Waals surface area contributed by atoms with Crippen LogP contribution >= 0.6 is 0 Å². The average Bonchev–Trinajstić information content (AvgIpc) is 2.47. The third kappa shape index (κ3) is 24.8. The van der Waals surface area contributed by atoms with Crippen LogP contribution in [0.5, 0.6) is 0 Å². The van der Waals surface area contributed by atoms with Gasteiger partial charge in [0.2, 0.25) is 22.2 Å². The summed E-state index contributed by atoms with van der Waals surface area (Å²) in [6.45, 7) is 7.87. The minimum absolute atomic E-state index is 0. The summed E-state index contributed by atoms with van der Waals surface area (Å²) in [6, 6.07) is 0. The molecule has 0 aromatic carbocycles. The van der Waals surface area contributed by atoms with E-state index in [4.69, 9.17) is 29.0 Å². The molecular weight excluding hydrogens is 389 g/mol. The minimum Gasteiger partial charge on any atom is -0.726 e. The van der Waals surface area contributed by atoms with Crippen LogP contribution in [0, 0.1) is 0 Å². The summed E-state index contributed by atoms with van der Waals surface area (Å²) in [5.41, 5.74) is 9.49. The van der Waals surface area contributed by atoms with E-state index in [1.807, 2.05) is 0 Å². The van der Waals surface area contributed by atoms with Crippen molar-refractivity contribution in [3.63, 3.8) is 0 Å². The number of carbonyl (C=O) groups excluding carboxylic acids is 2. The van der Waals surface area contributed by atoms with Crippen molar-refractivity contribution >= 4 is 28.2 Å². The summed E-state index contributed by atoms with van der Waals surface area (Å²) in [6.07, 6.45) is 4.93. The van der Waals surface area contributed by atoms with E-state index in [9.17, 15) is 9.59 Å². The summed E-state index contributed by atoms with van der Waals surface area (Å²) in [5, 5.41) is 5.38. The molecule has 0 aromatic heterocycles. The van der Waals surface area contributed by atoms with E-state index in [0.717, 1.165) is 31.8 Å². The zero-order valence-electron chi connectivity index (χ0n) is 16.0. The fourth-order valence-corrected chi connectivity index (χ4v) is 1.64. The Labute approximate surface area is 182 Å². The number of hydrogen-bond acceptors (Lipinski definition) is 6. The van der Waals surface area contributed by atoms with Crippen LogP contribution in [0.3, 0.4) is 0 Å². The maximum absolute atomic E-state index is 11.9. The van der Waals surface area contributed by atoms with Gasteiger partial charge in [-0.2, -0.15) is 0 Å². The van der Waals surface area contributed by atoms with Crippen LogP contribution in [-0.4, -0.2) is 53.9 Å². The summed E-state index contributed by atoms with van der Waals surface area (Å²) < 4.78 is 32.8. The molecule has 0 spiro atoms. The first-order chi connectivity index (χ1) is 11.8. The fraction of sp³-hybridized carbons (Fsp3) is 0.643. The van der Waals surface area contributed by atoms with Gasteiger partial charge in [0.25, 0.3) is 0 Å². The first-order valence-corrected chi connectivity index (χ1v) is 9.12. The maximum Gasteiger partial charge on any atom is 1.00 e. The largest absolute Gasteiger partial charge is 1.00 e. The van der Waals surface area contributed by atoms with Crippen LogP contribution in [0.4, 0.5) is 0 Å². The van der Waals surface area contributed by atoms with Gasteiger partial charge in [0, 0.05) is 13.1 Å².